The fraction of sp³-hybridized carbons (Fsp3) is 0.519. The molecular formula is C27H31F6N5O. The van der Waals surface area contributed by atoms with Crippen molar-refractivity contribution in [2.24, 2.45) is 0 Å². The molecule has 12 heteroatoms. The van der Waals surface area contributed by atoms with E-state index < -0.39 is 35.3 Å². The van der Waals surface area contributed by atoms with Crippen LogP contribution in [0.1, 0.15) is 36.0 Å². The monoisotopic (exact) mass is 555 g/mol. The Balaban J connectivity index is 1.18. The molecule has 0 amide bonds. The second-order valence-corrected chi connectivity index (χ2v) is 9.97. The predicted molar refractivity (Wildman–Crippen MR) is 135 cm³/mol. The number of rotatable bonds is 7. The number of anilines is 2. The third-order valence-electron chi connectivity index (χ3n) is 7.40. The van der Waals surface area contributed by atoms with Gasteiger partial charge in [0.25, 0.3) is 0 Å². The van der Waals surface area contributed by atoms with Crippen molar-refractivity contribution in [3.63, 3.8) is 0 Å². The van der Waals surface area contributed by atoms with Crippen LogP contribution >= 0.6 is 0 Å². The van der Waals surface area contributed by atoms with Crippen LogP contribution in [-0.4, -0.2) is 73.0 Å². The van der Waals surface area contributed by atoms with E-state index in [-0.39, 0.29) is 6.04 Å². The average molecular weight is 556 g/mol. The van der Waals surface area contributed by atoms with Gasteiger partial charge in [-0.05, 0) is 61.7 Å². The quantitative estimate of drug-likeness (QED) is 0.469. The summed E-state index contributed by atoms with van der Waals surface area (Å²) < 4.78 is 78.1. The van der Waals surface area contributed by atoms with Crippen molar-refractivity contribution >= 4 is 11.4 Å². The molecule has 0 bridgehead atoms. The number of aliphatic hydroxyl groups is 1. The van der Waals surface area contributed by atoms with E-state index in [0.29, 0.717) is 57.7 Å². The van der Waals surface area contributed by atoms with Crippen LogP contribution in [0.25, 0.3) is 0 Å². The molecule has 2 heterocycles. The number of benzene rings is 2. The number of hydrogen-bond acceptors (Lipinski definition) is 6. The third-order valence-corrected chi connectivity index (χ3v) is 7.40. The minimum atomic E-state index is -4.61. The number of piperidine rings is 1. The van der Waals surface area contributed by atoms with Crippen LogP contribution in [0.2, 0.25) is 0 Å². The summed E-state index contributed by atoms with van der Waals surface area (Å²) in [6.07, 6.45) is -7.73. The van der Waals surface area contributed by atoms with Crippen molar-refractivity contribution in [2.75, 3.05) is 56.0 Å². The average Bonchev–Trinajstić information content (AvgIpc) is 2.91. The molecule has 2 aromatic carbocycles. The lowest BCUT2D eigenvalue weighted by Gasteiger charge is -2.38. The number of nitrogens with one attached hydrogen (secondary N) is 1. The van der Waals surface area contributed by atoms with Crippen molar-refractivity contribution < 1.29 is 31.4 Å². The molecular weight excluding hydrogens is 524 g/mol. The lowest BCUT2D eigenvalue weighted by Crippen LogP contribution is -2.49. The number of aliphatic hydroxyl groups excluding tert-OH is 1. The molecule has 39 heavy (non-hydrogen) atoms. The Morgan fingerprint density at radius 1 is 0.897 bits per heavy atom. The molecule has 0 aromatic heterocycles. The van der Waals surface area contributed by atoms with Crippen LogP contribution < -0.4 is 10.2 Å². The summed E-state index contributed by atoms with van der Waals surface area (Å²) in [4.78, 5) is 6.24. The maximum absolute atomic E-state index is 13.2. The van der Waals surface area contributed by atoms with Gasteiger partial charge < -0.3 is 15.3 Å². The lowest BCUT2D eigenvalue weighted by atomic mass is 10.0. The highest BCUT2D eigenvalue weighted by Gasteiger charge is 2.34. The highest BCUT2D eigenvalue weighted by molar-refractivity contribution is 5.53. The number of hydrogen-bond donors (Lipinski definition) is 2. The molecule has 2 fully saturated rings. The summed E-state index contributed by atoms with van der Waals surface area (Å²) in [7, 11) is 0. The first-order valence-corrected chi connectivity index (χ1v) is 12.9. The van der Waals surface area contributed by atoms with Gasteiger partial charge in [-0.15, -0.1) is 0 Å². The Labute approximate surface area is 223 Å². The maximum Gasteiger partial charge on any atom is 0.417 e. The van der Waals surface area contributed by atoms with E-state index >= 15 is 0 Å². The number of alkyl halides is 6. The molecule has 2 aliphatic rings. The summed E-state index contributed by atoms with van der Waals surface area (Å²) in [5.41, 5.74) is -0.954. The normalized spacial score (nSPS) is 19.1. The Morgan fingerprint density at radius 2 is 1.54 bits per heavy atom. The van der Waals surface area contributed by atoms with Crippen molar-refractivity contribution in [3.8, 4) is 6.07 Å². The molecule has 1 atom stereocenters. The van der Waals surface area contributed by atoms with Crippen molar-refractivity contribution in [3.05, 3.63) is 59.2 Å². The second kappa shape index (κ2) is 12.0. The number of nitrogens with zero attached hydrogens (tertiary/aromatic N) is 4. The van der Waals surface area contributed by atoms with Gasteiger partial charge in [-0.2, -0.15) is 31.6 Å². The van der Waals surface area contributed by atoms with E-state index in [1.807, 2.05) is 4.90 Å². The predicted octanol–water partition coefficient (Wildman–Crippen LogP) is 5.00. The van der Waals surface area contributed by atoms with Crippen molar-refractivity contribution in [1.82, 2.24) is 9.80 Å². The molecule has 1 unspecified atom stereocenters. The zero-order valence-corrected chi connectivity index (χ0v) is 21.3. The Bertz CT molecular complexity index is 1130. The molecule has 212 valence electrons. The SMILES string of the molecule is N#Cc1ccc(NC2CCN(C(O)CCN3CCN(c4ccc(C(F)(F)F)cc4)CC3)CC2)cc1C(F)(F)F. The Morgan fingerprint density at radius 3 is 2.10 bits per heavy atom. The first kappa shape index (κ1) is 29.0. The van der Waals surface area contributed by atoms with Gasteiger partial charge in [0.2, 0.25) is 0 Å². The summed E-state index contributed by atoms with van der Waals surface area (Å²) in [5, 5.41) is 22.8. The van der Waals surface area contributed by atoms with Gasteiger partial charge in [-0.3, -0.25) is 9.80 Å². The first-order valence-electron chi connectivity index (χ1n) is 12.9. The van der Waals surface area contributed by atoms with Crippen LogP contribution in [0.15, 0.2) is 42.5 Å². The molecule has 4 rings (SSSR count). The van der Waals surface area contributed by atoms with Gasteiger partial charge in [0.1, 0.15) is 6.23 Å². The van der Waals surface area contributed by atoms with E-state index in [1.54, 1.807) is 6.07 Å². The maximum atomic E-state index is 13.2. The zero-order chi connectivity index (χ0) is 28.2. The highest BCUT2D eigenvalue weighted by atomic mass is 19.4. The molecule has 0 radical (unpaired) electrons. The van der Waals surface area contributed by atoms with Gasteiger partial charge >= 0.3 is 12.4 Å². The van der Waals surface area contributed by atoms with Crippen molar-refractivity contribution in [2.45, 2.75) is 43.9 Å². The van der Waals surface area contributed by atoms with Gasteiger partial charge in [0.05, 0.1) is 22.8 Å². The molecule has 0 spiro atoms. The topological polar surface area (TPSA) is 65.8 Å². The van der Waals surface area contributed by atoms with E-state index in [9.17, 15) is 31.4 Å². The second-order valence-electron chi connectivity index (χ2n) is 9.97. The highest BCUT2D eigenvalue weighted by Crippen LogP contribution is 2.34. The van der Waals surface area contributed by atoms with E-state index in [4.69, 9.17) is 5.26 Å². The standard InChI is InChI=1S/C27H31F6N5O/c28-26(29,30)20-2-5-23(6-3-20)37-15-13-36(14-16-37)10-9-25(39)38-11-7-21(8-12-38)35-22-4-1-19(18-34)24(17-22)27(31,32)33/h1-6,17,21,25,35,39H,7-16H2. The molecule has 2 aliphatic heterocycles. The zero-order valence-electron chi connectivity index (χ0n) is 21.3. The first-order chi connectivity index (χ1) is 18.4. The molecule has 2 saturated heterocycles. The van der Waals surface area contributed by atoms with Crippen LogP contribution in [0, 0.1) is 11.3 Å². The molecule has 2 aromatic rings. The fourth-order valence-corrected chi connectivity index (χ4v) is 5.12. The minimum Gasteiger partial charge on any atom is -0.382 e. The lowest BCUT2D eigenvalue weighted by molar-refractivity contribution is -0.138. The summed E-state index contributed by atoms with van der Waals surface area (Å²) in [6.45, 7) is 4.74. The van der Waals surface area contributed by atoms with E-state index in [1.165, 1.54) is 24.3 Å². The summed E-state index contributed by atoms with van der Waals surface area (Å²) in [5.74, 6) is 0. The molecule has 0 saturated carbocycles. The van der Waals surface area contributed by atoms with Gasteiger partial charge in [-0.25, -0.2) is 0 Å². The molecule has 2 N–H and O–H groups in total. The summed E-state index contributed by atoms with van der Waals surface area (Å²) in [6, 6.07) is 10.4. The fourth-order valence-electron chi connectivity index (χ4n) is 5.12. The summed E-state index contributed by atoms with van der Waals surface area (Å²) >= 11 is 0. The van der Waals surface area contributed by atoms with Gasteiger partial charge in [0, 0.05) is 63.2 Å². The van der Waals surface area contributed by atoms with E-state index in [0.717, 1.165) is 37.0 Å². The number of likely N-dealkylation sites (tertiary alicyclic amines) is 1. The van der Waals surface area contributed by atoms with E-state index in [2.05, 4.69) is 15.1 Å². The number of nitriles is 1. The number of halogens is 6. The smallest absolute Gasteiger partial charge is 0.382 e. The van der Waals surface area contributed by atoms with Crippen molar-refractivity contribution in [1.29, 1.82) is 5.26 Å². The number of piperazine rings is 1. The van der Waals surface area contributed by atoms with Gasteiger partial charge in [-0.1, -0.05) is 0 Å². The van der Waals surface area contributed by atoms with Crippen LogP contribution in [0.5, 0.6) is 0 Å². The largest absolute Gasteiger partial charge is 0.417 e. The molecule has 0 aliphatic carbocycles. The van der Waals surface area contributed by atoms with Crippen LogP contribution in [0.4, 0.5) is 37.7 Å². The third kappa shape index (κ3) is 7.56. The Hall–Kier alpha value is -3.01. The Kier molecular flexibility index (Phi) is 8.93. The van der Waals surface area contributed by atoms with Crippen LogP contribution in [-0.2, 0) is 12.4 Å². The van der Waals surface area contributed by atoms with Crippen LogP contribution in [0.3, 0.4) is 0 Å². The van der Waals surface area contributed by atoms with Gasteiger partial charge in [0.15, 0.2) is 0 Å². The molecule has 6 nitrogen and oxygen atoms in total. The minimum absolute atomic E-state index is 0.0410.